The van der Waals surface area contributed by atoms with Gasteiger partial charge < -0.3 is 0 Å². The molecule has 7 heteroatoms. The molecule has 1 heterocycles. The lowest BCUT2D eigenvalue weighted by molar-refractivity contribution is -0.115. The summed E-state index contributed by atoms with van der Waals surface area (Å²) in [7, 11) is -3.36. The molecule has 2 aromatic rings. The van der Waals surface area contributed by atoms with Crippen molar-refractivity contribution in [3.63, 3.8) is 0 Å². The Labute approximate surface area is 116 Å². The monoisotopic (exact) mass is 291 g/mol. The van der Waals surface area contributed by atoms with Crippen molar-refractivity contribution < 1.29 is 13.2 Å². The van der Waals surface area contributed by atoms with Gasteiger partial charge in [0.05, 0.1) is 11.3 Å². The number of hydrogen-bond donors (Lipinski definition) is 1. The van der Waals surface area contributed by atoms with Gasteiger partial charge in [0, 0.05) is 18.6 Å². The molecule has 6 nitrogen and oxygen atoms in total. The van der Waals surface area contributed by atoms with Gasteiger partial charge in [-0.1, -0.05) is 18.2 Å². The molecular formula is C13H13N3O3S. The molecule has 0 radical (unpaired) electrons. The molecule has 0 fully saturated rings. The number of carbonyl (C=O) groups excluding carboxylic acids is 1. The maximum absolute atomic E-state index is 11.9. The fourth-order valence-electron chi connectivity index (χ4n) is 1.72. The Morgan fingerprint density at radius 2 is 1.80 bits per heavy atom. The molecule has 0 unspecified atom stereocenters. The molecule has 2 rings (SSSR count). The largest absolute Gasteiger partial charge is 0.294 e. The highest BCUT2D eigenvalue weighted by molar-refractivity contribution is 7.90. The Bertz CT molecular complexity index is 715. The summed E-state index contributed by atoms with van der Waals surface area (Å²) in [5, 5.41) is 2.51. The second-order valence-corrected chi connectivity index (χ2v) is 6.16. The van der Waals surface area contributed by atoms with Gasteiger partial charge in [-0.3, -0.25) is 10.1 Å². The summed E-state index contributed by atoms with van der Waals surface area (Å²) in [5.74, 6) is -0.179. The standard InChI is InChI=1S/C13H13N3O3S/c1-20(18,19)11-6-3-2-5-10(11)9-12(17)16-13-14-7-4-8-15-13/h2-8H,9H2,1H3,(H,14,15,16,17). The first kappa shape index (κ1) is 14.1. The van der Waals surface area contributed by atoms with Crippen molar-refractivity contribution >= 4 is 21.7 Å². The predicted octanol–water partition coefficient (Wildman–Crippen LogP) is 1.06. The van der Waals surface area contributed by atoms with E-state index in [-0.39, 0.29) is 23.2 Å². The van der Waals surface area contributed by atoms with Crippen molar-refractivity contribution in [1.82, 2.24) is 9.97 Å². The maximum Gasteiger partial charge on any atom is 0.231 e. The van der Waals surface area contributed by atoms with E-state index in [0.29, 0.717) is 5.56 Å². The first-order valence-electron chi connectivity index (χ1n) is 5.81. The van der Waals surface area contributed by atoms with E-state index in [0.717, 1.165) is 6.26 Å². The highest BCUT2D eigenvalue weighted by Gasteiger charge is 2.15. The van der Waals surface area contributed by atoms with Crippen molar-refractivity contribution in [2.75, 3.05) is 11.6 Å². The van der Waals surface area contributed by atoms with E-state index in [1.807, 2.05) is 0 Å². The maximum atomic E-state index is 11.9. The summed E-state index contributed by atoms with van der Waals surface area (Å²) in [5.41, 5.74) is 0.448. The summed E-state index contributed by atoms with van der Waals surface area (Å²) < 4.78 is 23.3. The van der Waals surface area contributed by atoms with Gasteiger partial charge in [-0.15, -0.1) is 0 Å². The van der Waals surface area contributed by atoms with E-state index in [1.165, 1.54) is 18.5 Å². The van der Waals surface area contributed by atoms with E-state index < -0.39 is 9.84 Å². The van der Waals surface area contributed by atoms with Gasteiger partial charge in [-0.05, 0) is 17.7 Å². The van der Waals surface area contributed by atoms with Crippen molar-refractivity contribution in [1.29, 1.82) is 0 Å². The number of nitrogens with zero attached hydrogens (tertiary/aromatic N) is 2. The smallest absolute Gasteiger partial charge is 0.231 e. The van der Waals surface area contributed by atoms with Crippen molar-refractivity contribution in [3.05, 3.63) is 48.3 Å². The Hall–Kier alpha value is -2.28. The molecule has 1 aromatic carbocycles. The summed E-state index contributed by atoms with van der Waals surface area (Å²) in [4.78, 5) is 19.8. The Balaban J connectivity index is 2.17. The van der Waals surface area contributed by atoms with Crippen LogP contribution in [0.4, 0.5) is 5.95 Å². The lowest BCUT2D eigenvalue weighted by atomic mass is 10.1. The molecule has 104 valence electrons. The number of aromatic nitrogens is 2. The van der Waals surface area contributed by atoms with Crippen LogP contribution in [-0.4, -0.2) is 30.5 Å². The second-order valence-electron chi connectivity index (χ2n) is 4.18. The van der Waals surface area contributed by atoms with E-state index in [2.05, 4.69) is 15.3 Å². The normalized spacial score (nSPS) is 11.1. The molecule has 1 N–H and O–H groups in total. The van der Waals surface area contributed by atoms with Crippen LogP contribution in [0.5, 0.6) is 0 Å². The van der Waals surface area contributed by atoms with Gasteiger partial charge in [-0.25, -0.2) is 18.4 Å². The predicted molar refractivity (Wildman–Crippen MR) is 73.9 cm³/mol. The number of anilines is 1. The molecule has 0 saturated carbocycles. The summed E-state index contributed by atoms with van der Waals surface area (Å²) in [6, 6.07) is 8.04. The zero-order chi connectivity index (χ0) is 14.6. The molecule has 0 saturated heterocycles. The van der Waals surface area contributed by atoms with E-state index in [1.54, 1.807) is 24.3 Å². The number of rotatable bonds is 4. The molecule has 0 atom stereocenters. The van der Waals surface area contributed by atoms with E-state index in [4.69, 9.17) is 0 Å². The third-order valence-electron chi connectivity index (χ3n) is 2.54. The van der Waals surface area contributed by atoms with Crippen LogP contribution in [0.2, 0.25) is 0 Å². The number of carbonyl (C=O) groups is 1. The fourth-order valence-corrected chi connectivity index (χ4v) is 2.66. The van der Waals surface area contributed by atoms with E-state index in [9.17, 15) is 13.2 Å². The Morgan fingerprint density at radius 1 is 1.15 bits per heavy atom. The zero-order valence-electron chi connectivity index (χ0n) is 10.8. The van der Waals surface area contributed by atoms with Crippen LogP contribution in [0.3, 0.4) is 0 Å². The first-order valence-corrected chi connectivity index (χ1v) is 7.71. The van der Waals surface area contributed by atoms with Gasteiger partial charge in [-0.2, -0.15) is 0 Å². The number of benzene rings is 1. The third kappa shape index (κ3) is 3.61. The highest BCUT2D eigenvalue weighted by atomic mass is 32.2. The summed E-state index contributed by atoms with van der Waals surface area (Å²) in [6.07, 6.45) is 4.08. The van der Waals surface area contributed by atoms with Crippen LogP contribution >= 0.6 is 0 Å². The van der Waals surface area contributed by atoms with Gasteiger partial charge in [0.2, 0.25) is 11.9 Å². The van der Waals surface area contributed by atoms with Crippen LogP contribution in [0.1, 0.15) is 5.56 Å². The van der Waals surface area contributed by atoms with Crippen molar-refractivity contribution in [3.8, 4) is 0 Å². The third-order valence-corrected chi connectivity index (χ3v) is 3.74. The molecule has 0 aliphatic heterocycles. The van der Waals surface area contributed by atoms with Crippen LogP contribution in [0, 0.1) is 0 Å². The highest BCUT2D eigenvalue weighted by Crippen LogP contribution is 2.16. The molecule has 20 heavy (non-hydrogen) atoms. The average molecular weight is 291 g/mol. The Kier molecular flexibility index (Phi) is 4.09. The van der Waals surface area contributed by atoms with Crippen LogP contribution in [0.15, 0.2) is 47.6 Å². The van der Waals surface area contributed by atoms with Crippen LogP contribution < -0.4 is 5.32 Å². The molecular weight excluding hydrogens is 278 g/mol. The van der Waals surface area contributed by atoms with E-state index >= 15 is 0 Å². The molecule has 1 amide bonds. The Morgan fingerprint density at radius 3 is 2.45 bits per heavy atom. The topological polar surface area (TPSA) is 89.0 Å². The van der Waals surface area contributed by atoms with Crippen LogP contribution in [0.25, 0.3) is 0 Å². The van der Waals surface area contributed by atoms with Crippen LogP contribution in [-0.2, 0) is 21.1 Å². The minimum Gasteiger partial charge on any atom is -0.294 e. The lowest BCUT2D eigenvalue weighted by Gasteiger charge is -2.07. The van der Waals surface area contributed by atoms with Gasteiger partial charge in [0.1, 0.15) is 0 Å². The minimum atomic E-state index is -3.36. The van der Waals surface area contributed by atoms with Crippen molar-refractivity contribution in [2.45, 2.75) is 11.3 Å². The molecule has 1 aromatic heterocycles. The lowest BCUT2D eigenvalue weighted by Crippen LogP contribution is -2.17. The molecule has 0 aliphatic rings. The molecule has 0 spiro atoms. The molecule has 0 bridgehead atoms. The van der Waals surface area contributed by atoms with Gasteiger partial charge >= 0.3 is 0 Å². The summed E-state index contributed by atoms with van der Waals surface area (Å²) in [6.45, 7) is 0. The average Bonchev–Trinajstić information content (AvgIpc) is 2.39. The second kappa shape index (κ2) is 5.79. The molecule has 0 aliphatic carbocycles. The zero-order valence-corrected chi connectivity index (χ0v) is 11.6. The fraction of sp³-hybridized carbons (Fsp3) is 0.154. The number of amides is 1. The summed E-state index contributed by atoms with van der Waals surface area (Å²) >= 11 is 0. The minimum absolute atomic E-state index is 0.0541. The van der Waals surface area contributed by atoms with Gasteiger partial charge in [0.15, 0.2) is 9.84 Å². The SMILES string of the molecule is CS(=O)(=O)c1ccccc1CC(=O)Nc1ncccn1. The van der Waals surface area contributed by atoms with Gasteiger partial charge in [0.25, 0.3) is 0 Å². The number of hydrogen-bond acceptors (Lipinski definition) is 5. The number of nitrogens with one attached hydrogen (secondary N) is 1. The first-order chi connectivity index (χ1) is 9.47. The quantitative estimate of drug-likeness (QED) is 0.910. The number of sulfone groups is 1. The van der Waals surface area contributed by atoms with Crippen molar-refractivity contribution in [2.24, 2.45) is 0 Å².